The fourth-order valence-electron chi connectivity index (χ4n) is 5.21. The zero-order valence-electron chi connectivity index (χ0n) is 18.2. The van der Waals surface area contributed by atoms with Crippen molar-refractivity contribution in [2.45, 2.75) is 130 Å². The van der Waals surface area contributed by atoms with Crippen LogP contribution in [0.3, 0.4) is 0 Å². The Balaban J connectivity index is 1.63. The van der Waals surface area contributed by atoms with Gasteiger partial charge in [0.2, 0.25) is 0 Å². The van der Waals surface area contributed by atoms with Gasteiger partial charge in [0, 0.05) is 0 Å². The highest BCUT2D eigenvalue weighted by atomic mass is 79.9. The Hall–Kier alpha value is 1.26. The van der Waals surface area contributed by atoms with E-state index in [1.165, 1.54) is 0 Å². The Labute approximate surface area is 203 Å². The van der Waals surface area contributed by atoms with Gasteiger partial charge in [0.25, 0.3) is 2.72 Å². The maximum atomic E-state index is 14.5. The number of hydrogen-bond donors (Lipinski definition) is 0. The molecule has 10 heteroatoms. The van der Waals surface area contributed by atoms with Gasteiger partial charge < -0.3 is 18.1 Å². The lowest BCUT2D eigenvalue weighted by atomic mass is 10.3. The molecule has 0 heterocycles. The summed E-state index contributed by atoms with van der Waals surface area (Å²) < 4.78 is 52.1. The zero-order valence-corrected chi connectivity index (χ0v) is 23.2. The van der Waals surface area contributed by atoms with E-state index in [0.717, 1.165) is 103 Å². The summed E-state index contributed by atoms with van der Waals surface area (Å²) in [6.07, 6.45) is 14.4. The maximum Gasteiger partial charge on any atom is 0.370 e. The first-order valence-electron chi connectivity index (χ1n) is 12.1. The van der Waals surface area contributed by atoms with Crippen molar-refractivity contribution in [3.05, 3.63) is 0 Å². The van der Waals surface area contributed by atoms with E-state index in [1.807, 2.05) is 0 Å². The van der Waals surface area contributed by atoms with Gasteiger partial charge in [-0.25, -0.2) is 0 Å². The minimum absolute atomic E-state index is 0.159. The number of halogens is 2. The Morgan fingerprint density at radius 2 is 0.677 bits per heavy atom. The van der Waals surface area contributed by atoms with Crippen LogP contribution in [-0.4, -0.2) is 27.1 Å². The summed E-state index contributed by atoms with van der Waals surface area (Å²) in [4.78, 5) is 0. The number of hydrogen-bond acceptors (Lipinski definition) is 6. The predicted molar refractivity (Wildman–Crippen MR) is 129 cm³/mol. The second-order valence-corrected chi connectivity index (χ2v) is 20.0. The lowest BCUT2D eigenvalue weighted by Crippen LogP contribution is -2.28. The van der Waals surface area contributed by atoms with E-state index >= 15 is 0 Å². The van der Waals surface area contributed by atoms with Gasteiger partial charge in [-0.1, -0.05) is 51.4 Å². The summed E-state index contributed by atoms with van der Waals surface area (Å²) in [5, 5.41) is 0. The van der Waals surface area contributed by atoms with Gasteiger partial charge in [-0.05, 0) is 83.2 Å². The third-order valence-electron chi connectivity index (χ3n) is 7.02. The average Bonchev–Trinajstić information content (AvgIpc) is 3.51. The largest absolute Gasteiger partial charge is 0.370 e. The number of alkyl halides is 2. The van der Waals surface area contributed by atoms with Crippen LogP contribution in [0.5, 0.6) is 0 Å². The molecule has 0 aromatic rings. The molecule has 31 heavy (non-hydrogen) atoms. The molecular formula is C21H36Br2O6P2. The van der Waals surface area contributed by atoms with Crippen LogP contribution in [-0.2, 0) is 27.2 Å². The van der Waals surface area contributed by atoms with E-state index in [4.69, 9.17) is 18.1 Å². The minimum atomic E-state index is -3.94. The molecule has 0 radical (unpaired) electrons. The molecule has 0 unspecified atom stereocenters. The molecular weight excluding hydrogens is 570 g/mol. The van der Waals surface area contributed by atoms with Gasteiger partial charge in [0.15, 0.2) is 0 Å². The SMILES string of the molecule is O=P(OC1CCCC1)(OC1CCCC1)C(Br)(Br)P(=O)(OC1CCCC1)OC1CCCC1. The van der Waals surface area contributed by atoms with Gasteiger partial charge >= 0.3 is 15.2 Å². The monoisotopic (exact) mass is 604 g/mol. The summed E-state index contributed by atoms with van der Waals surface area (Å²) in [7, 11) is -7.87. The lowest BCUT2D eigenvalue weighted by Gasteiger charge is -2.38. The van der Waals surface area contributed by atoms with E-state index in [-0.39, 0.29) is 24.4 Å². The summed E-state index contributed by atoms with van der Waals surface area (Å²) in [5.74, 6) is 0. The number of rotatable bonds is 10. The van der Waals surface area contributed by atoms with Crippen molar-refractivity contribution >= 4 is 47.1 Å². The summed E-state index contributed by atoms with van der Waals surface area (Å²) in [5.41, 5.74) is 0. The first-order chi connectivity index (χ1) is 14.8. The zero-order chi connectivity index (χ0) is 22.0. The van der Waals surface area contributed by atoms with E-state index in [1.54, 1.807) is 0 Å². The van der Waals surface area contributed by atoms with E-state index in [2.05, 4.69) is 31.9 Å². The molecule has 4 fully saturated rings. The van der Waals surface area contributed by atoms with Gasteiger partial charge in [-0.2, -0.15) is 0 Å². The van der Waals surface area contributed by atoms with Gasteiger partial charge in [-0.3, -0.25) is 9.13 Å². The standard InChI is InChI=1S/C21H36Br2O6P2/c22-21(23,30(24,26-17-9-1-2-10-17)27-18-11-3-4-12-18)31(25,28-19-13-5-6-14-19)29-20-15-7-8-16-20/h17-20H,1-16H2. The van der Waals surface area contributed by atoms with Crippen molar-refractivity contribution in [3.8, 4) is 0 Å². The fourth-order valence-corrected chi connectivity index (χ4v) is 12.0. The normalized spacial score (nSPS) is 25.9. The average molecular weight is 606 g/mol. The van der Waals surface area contributed by atoms with Gasteiger partial charge in [0.1, 0.15) is 0 Å². The molecule has 0 N–H and O–H groups in total. The molecule has 0 bridgehead atoms. The highest BCUT2D eigenvalue weighted by Gasteiger charge is 2.65. The third-order valence-corrected chi connectivity index (χ3v) is 17.3. The molecule has 0 aromatic carbocycles. The van der Waals surface area contributed by atoms with Gasteiger partial charge in [0.05, 0.1) is 24.4 Å². The Bertz CT molecular complexity index is 581. The maximum absolute atomic E-state index is 14.5. The smallest absolute Gasteiger partial charge is 0.303 e. The minimum Gasteiger partial charge on any atom is -0.303 e. The van der Waals surface area contributed by atoms with Crippen LogP contribution >= 0.6 is 47.1 Å². The van der Waals surface area contributed by atoms with Crippen molar-refractivity contribution in [2.75, 3.05) is 0 Å². The van der Waals surface area contributed by atoms with Crippen LogP contribution < -0.4 is 0 Å². The molecule has 4 saturated carbocycles. The molecule has 0 atom stereocenters. The van der Waals surface area contributed by atoms with Crippen LogP contribution in [0.4, 0.5) is 0 Å². The molecule has 0 saturated heterocycles. The second kappa shape index (κ2) is 10.9. The molecule has 180 valence electrons. The first kappa shape index (κ1) is 25.4. The van der Waals surface area contributed by atoms with Crippen LogP contribution in [0, 0.1) is 0 Å². The Kier molecular flexibility index (Phi) is 8.91. The summed E-state index contributed by atoms with van der Waals surface area (Å²) in [6, 6.07) is 0. The van der Waals surface area contributed by atoms with Crippen LogP contribution in [0.1, 0.15) is 103 Å². The molecule has 0 aromatic heterocycles. The van der Waals surface area contributed by atoms with E-state index < -0.39 is 17.9 Å². The van der Waals surface area contributed by atoms with Crippen molar-refractivity contribution in [1.82, 2.24) is 0 Å². The first-order valence-corrected chi connectivity index (χ1v) is 16.8. The van der Waals surface area contributed by atoms with Crippen molar-refractivity contribution < 1.29 is 27.2 Å². The fraction of sp³-hybridized carbons (Fsp3) is 1.00. The van der Waals surface area contributed by atoms with Crippen LogP contribution in [0.25, 0.3) is 0 Å². The quantitative estimate of drug-likeness (QED) is 0.183. The third kappa shape index (κ3) is 5.92. The van der Waals surface area contributed by atoms with E-state index in [0.29, 0.717) is 0 Å². The molecule has 4 rings (SSSR count). The topological polar surface area (TPSA) is 71.1 Å². The second-order valence-electron chi connectivity index (χ2n) is 9.55. The van der Waals surface area contributed by atoms with Crippen LogP contribution in [0.2, 0.25) is 0 Å². The molecule has 4 aliphatic carbocycles. The highest BCUT2D eigenvalue weighted by molar-refractivity contribution is 9.29. The van der Waals surface area contributed by atoms with E-state index in [9.17, 15) is 9.13 Å². The lowest BCUT2D eigenvalue weighted by molar-refractivity contribution is 0.103. The molecule has 0 aliphatic heterocycles. The molecule has 0 amide bonds. The van der Waals surface area contributed by atoms with Crippen LogP contribution in [0.15, 0.2) is 0 Å². The summed E-state index contributed by atoms with van der Waals surface area (Å²) >= 11 is 7.09. The summed E-state index contributed by atoms with van der Waals surface area (Å²) in [6.45, 7) is 0. The Morgan fingerprint density at radius 3 is 0.871 bits per heavy atom. The van der Waals surface area contributed by atoms with Crippen molar-refractivity contribution in [2.24, 2.45) is 0 Å². The Morgan fingerprint density at radius 1 is 0.484 bits per heavy atom. The predicted octanol–water partition coefficient (Wildman–Crippen LogP) is 8.61. The molecule has 0 spiro atoms. The van der Waals surface area contributed by atoms with Crippen molar-refractivity contribution in [3.63, 3.8) is 0 Å². The molecule has 6 nitrogen and oxygen atoms in total. The highest BCUT2D eigenvalue weighted by Crippen LogP contribution is 2.85. The van der Waals surface area contributed by atoms with Gasteiger partial charge in [-0.15, -0.1) is 0 Å². The molecule has 4 aliphatic rings. The van der Waals surface area contributed by atoms with Crippen molar-refractivity contribution in [1.29, 1.82) is 0 Å².